The number of anilines is 1. The lowest BCUT2D eigenvalue weighted by atomic mass is 9.90. The topological polar surface area (TPSA) is 55.1 Å². The van der Waals surface area contributed by atoms with Crippen molar-refractivity contribution in [2.24, 2.45) is 11.7 Å². The first-order valence-electron chi connectivity index (χ1n) is 6.81. The zero-order chi connectivity index (χ0) is 13.0. The molecule has 2 rings (SSSR count). The minimum absolute atomic E-state index is 0.0759. The number of rotatable bonds is 4. The van der Waals surface area contributed by atoms with Gasteiger partial charge in [-0.05, 0) is 55.3 Å². The molecule has 0 aliphatic heterocycles. The van der Waals surface area contributed by atoms with Crippen molar-refractivity contribution < 1.29 is 4.79 Å². The summed E-state index contributed by atoms with van der Waals surface area (Å²) < 4.78 is 0. The summed E-state index contributed by atoms with van der Waals surface area (Å²) in [6.07, 6.45) is 5.20. The first-order chi connectivity index (χ1) is 8.70. The molecule has 98 valence electrons. The van der Waals surface area contributed by atoms with Crippen molar-refractivity contribution in [2.45, 2.75) is 39.0 Å². The smallest absolute Gasteiger partial charge is 0.224 e. The lowest BCUT2D eigenvalue weighted by Crippen LogP contribution is -2.21. The number of carbonyl (C=O) groups excluding carboxylic acids is 1. The molecule has 3 N–H and O–H groups in total. The summed E-state index contributed by atoms with van der Waals surface area (Å²) in [5.41, 5.74) is 9.27. The first kappa shape index (κ1) is 13.1. The molecule has 0 fully saturated rings. The van der Waals surface area contributed by atoms with Crippen LogP contribution in [0, 0.1) is 5.92 Å². The van der Waals surface area contributed by atoms with E-state index in [1.807, 2.05) is 19.1 Å². The molecule has 0 aromatic heterocycles. The molecule has 1 amide bonds. The number of hydrogen-bond acceptors (Lipinski definition) is 2. The maximum absolute atomic E-state index is 11.9. The van der Waals surface area contributed by atoms with Gasteiger partial charge >= 0.3 is 0 Å². The molecule has 1 aromatic carbocycles. The van der Waals surface area contributed by atoms with Crippen molar-refractivity contribution >= 4 is 11.6 Å². The molecule has 0 radical (unpaired) electrons. The van der Waals surface area contributed by atoms with Crippen molar-refractivity contribution in [3.63, 3.8) is 0 Å². The average molecular weight is 246 g/mol. The van der Waals surface area contributed by atoms with E-state index in [4.69, 9.17) is 5.73 Å². The van der Waals surface area contributed by atoms with Gasteiger partial charge in [0.15, 0.2) is 0 Å². The largest absolute Gasteiger partial charge is 0.330 e. The van der Waals surface area contributed by atoms with Crippen LogP contribution in [-0.4, -0.2) is 12.5 Å². The van der Waals surface area contributed by atoms with Gasteiger partial charge in [-0.2, -0.15) is 0 Å². The Bertz CT molecular complexity index is 429. The number of hydrogen-bond donors (Lipinski definition) is 2. The average Bonchev–Trinajstić information content (AvgIpc) is 2.39. The van der Waals surface area contributed by atoms with Gasteiger partial charge in [0.2, 0.25) is 5.91 Å². The minimum Gasteiger partial charge on any atom is -0.330 e. The molecule has 1 atom stereocenters. The number of carbonyl (C=O) groups is 1. The third-order valence-electron chi connectivity index (χ3n) is 3.61. The SMILES string of the molecule is CC(CN)CC(=O)Nc1cccc2c1CCCC2. The molecular formula is C15H22N2O. The quantitative estimate of drug-likeness (QED) is 0.857. The van der Waals surface area contributed by atoms with Gasteiger partial charge in [-0.1, -0.05) is 19.1 Å². The van der Waals surface area contributed by atoms with Gasteiger partial charge in [0, 0.05) is 12.1 Å². The second-order valence-corrected chi connectivity index (χ2v) is 5.24. The van der Waals surface area contributed by atoms with Crippen LogP contribution in [0.3, 0.4) is 0 Å². The van der Waals surface area contributed by atoms with Gasteiger partial charge in [-0.15, -0.1) is 0 Å². The molecule has 0 saturated heterocycles. The molecule has 0 spiro atoms. The summed E-state index contributed by atoms with van der Waals surface area (Å²) in [6.45, 7) is 2.56. The van der Waals surface area contributed by atoms with E-state index in [0.717, 1.165) is 18.5 Å². The first-order valence-corrected chi connectivity index (χ1v) is 6.81. The normalized spacial score (nSPS) is 15.9. The highest BCUT2D eigenvalue weighted by Gasteiger charge is 2.15. The van der Waals surface area contributed by atoms with Crippen LogP contribution >= 0.6 is 0 Å². The van der Waals surface area contributed by atoms with E-state index >= 15 is 0 Å². The fourth-order valence-corrected chi connectivity index (χ4v) is 2.50. The van der Waals surface area contributed by atoms with Gasteiger partial charge in [0.1, 0.15) is 0 Å². The van der Waals surface area contributed by atoms with E-state index in [9.17, 15) is 4.79 Å². The van der Waals surface area contributed by atoms with Gasteiger partial charge in [-0.25, -0.2) is 0 Å². The summed E-state index contributed by atoms with van der Waals surface area (Å²) in [4.78, 5) is 11.9. The van der Waals surface area contributed by atoms with Gasteiger partial charge in [-0.3, -0.25) is 4.79 Å². The molecule has 18 heavy (non-hydrogen) atoms. The van der Waals surface area contributed by atoms with Crippen LogP contribution in [0.25, 0.3) is 0 Å². The van der Waals surface area contributed by atoms with Crippen LogP contribution in [0.5, 0.6) is 0 Å². The van der Waals surface area contributed by atoms with Crippen molar-refractivity contribution in [1.29, 1.82) is 0 Å². The highest BCUT2D eigenvalue weighted by molar-refractivity contribution is 5.91. The van der Waals surface area contributed by atoms with Gasteiger partial charge in [0.25, 0.3) is 0 Å². The monoisotopic (exact) mass is 246 g/mol. The van der Waals surface area contributed by atoms with E-state index in [0.29, 0.717) is 13.0 Å². The zero-order valence-corrected chi connectivity index (χ0v) is 11.0. The second kappa shape index (κ2) is 6.01. The number of benzene rings is 1. The Morgan fingerprint density at radius 1 is 1.39 bits per heavy atom. The lowest BCUT2D eigenvalue weighted by molar-refractivity contribution is -0.116. The van der Waals surface area contributed by atoms with Gasteiger partial charge in [0.05, 0.1) is 0 Å². The third kappa shape index (κ3) is 3.10. The van der Waals surface area contributed by atoms with E-state index < -0.39 is 0 Å². The summed E-state index contributed by atoms with van der Waals surface area (Å²) in [7, 11) is 0. The molecule has 0 heterocycles. The van der Waals surface area contributed by atoms with Crippen LogP contribution in [0.4, 0.5) is 5.69 Å². The zero-order valence-electron chi connectivity index (χ0n) is 11.0. The molecule has 1 aromatic rings. The van der Waals surface area contributed by atoms with Crippen molar-refractivity contribution in [3.05, 3.63) is 29.3 Å². The molecular weight excluding hydrogens is 224 g/mol. The Morgan fingerprint density at radius 2 is 2.17 bits per heavy atom. The fraction of sp³-hybridized carbons (Fsp3) is 0.533. The van der Waals surface area contributed by atoms with Crippen molar-refractivity contribution in [3.8, 4) is 0 Å². The molecule has 0 bridgehead atoms. The maximum Gasteiger partial charge on any atom is 0.224 e. The summed E-state index contributed by atoms with van der Waals surface area (Å²) >= 11 is 0. The number of fused-ring (bicyclic) bond motifs is 1. The standard InChI is InChI=1S/C15H22N2O/c1-11(10-16)9-15(18)17-14-8-4-6-12-5-2-3-7-13(12)14/h4,6,8,11H,2-3,5,7,9-10,16H2,1H3,(H,17,18). The highest BCUT2D eigenvalue weighted by Crippen LogP contribution is 2.27. The maximum atomic E-state index is 11.9. The number of nitrogens with one attached hydrogen (secondary N) is 1. The van der Waals surface area contributed by atoms with Gasteiger partial charge < -0.3 is 11.1 Å². The van der Waals surface area contributed by atoms with E-state index in [-0.39, 0.29) is 11.8 Å². The molecule has 3 nitrogen and oxygen atoms in total. The predicted octanol–water partition coefficient (Wildman–Crippen LogP) is 2.49. The van der Waals surface area contributed by atoms with Crippen LogP contribution in [-0.2, 0) is 17.6 Å². The van der Waals surface area contributed by atoms with Crippen molar-refractivity contribution in [1.82, 2.24) is 0 Å². The lowest BCUT2D eigenvalue weighted by Gasteiger charge is -2.20. The predicted molar refractivity (Wildman–Crippen MR) is 74.5 cm³/mol. The summed E-state index contributed by atoms with van der Waals surface area (Å²) in [5.74, 6) is 0.316. The number of aryl methyl sites for hydroxylation is 1. The van der Waals surface area contributed by atoms with Crippen LogP contribution in [0.2, 0.25) is 0 Å². The van der Waals surface area contributed by atoms with Crippen LogP contribution in [0.1, 0.15) is 37.3 Å². The van der Waals surface area contributed by atoms with E-state index in [2.05, 4.69) is 11.4 Å². The Balaban J connectivity index is 2.07. The summed E-state index contributed by atoms with van der Waals surface area (Å²) in [5, 5.41) is 3.04. The molecule has 1 aliphatic carbocycles. The second-order valence-electron chi connectivity index (χ2n) is 5.24. The van der Waals surface area contributed by atoms with E-state index in [1.165, 1.54) is 24.0 Å². The molecule has 0 saturated carbocycles. The van der Waals surface area contributed by atoms with Crippen LogP contribution < -0.4 is 11.1 Å². The summed E-state index contributed by atoms with van der Waals surface area (Å²) in [6, 6.07) is 6.22. The molecule has 1 unspecified atom stereocenters. The third-order valence-corrected chi connectivity index (χ3v) is 3.61. The Labute approximate surface area is 109 Å². The fourth-order valence-electron chi connectivity index (χ4n) is 2.50. The number of amides is 1. The Morgan fingerprint density at radius 3 is 2.94 bits per heavy atom. The highest BCUT2D eigenvalue weighted by atomic mass is 16.1. The van der Waals surface area contributed by atoms with Crippen molar-refractivity contribution in [2.75, 3.05) is 11.9 Å². The van der Waals surface area contributed by atoms with E-state index in [1.54, 1.807) is 0 Å². The number of nitrogens with two attached hydrogens (primary N) is 1. The molecule has 1 aliphatic rings. The Kier molecular flexibility index (Phi) is 4.37. The minimum atomic E-state index is 0.0759. The van der Waals surface area contributed by atoms with Crippen LogP contribution in [0.15, 0.2) is 18.2 Å². The Hall–Kier alpha value is -1.35. The molecule has 3 heteroatoms.